The molecule has 0 aromatic heterocycles. The summed E-state index contributed by atoms with van der Waals surface area (Å²) in [7, 11) is 0. The van der Waals surface area contributed by atoms with Gasteiger partial charge in [0.2, 0.25) is 0 Å². The van der Waals surface area contributed by atoms with Gasteiger partial charge in [0.05, 0.1) is 12.2 Å². The van der Waals surface area contributed by atoms with Crippen LogP contribution in [0.1, 0.15) is 128 Å². The maximum atomic E-state index is 10.3. The smallest absolute Gasteiger partial charge is 0.0818 e. The van der Waals surface area contributed by atoms with E-state index < -0.39 is 0 Å². The topological polar surface area (TPSA) is 40.5 Å². The molecule has 0 heterocycles. The first-order valence-corrected chi connectivity index (χ1v) is 14.2. The summed E-state index contributed by atoms with van der Waals surface area (Å²) in [5.74, 6) is 0.963. The zero-order chi connectivity index (χ0) is 25.0. The summed E-state index contributed by atoms with van der Waals surface area (Å²) in [5, 5.41) is 20.5. The highest BCUT2D eigenvalue weighted by Crippen LogP contribution is 2.34. The van der Waals surface area contributed by atoms with Crippen LogP contribution >= 0.6 is 0 Å². The Hall–Kier alpha value is -1.64. The van der Waals surface area contributed by atoms with Crippen LogP contribution in [0.4, 0.5) is 0 Å². The fraction of sp³-hybridized carbons (Fsp3) is 0.625. The monoisotopic (exact) mass is 468 g/mol. The number of rotatable bonds is 4. The molecule has 2 N–H and O–H groups in total. The lowest BCUT2D eigenvalue weighted by atomic mass is 9.89. The van der Waals surface area contributed by atoms with Gasteiger partial charge in [-0.25, -0.2) is 0 Å². The summed E-state index contributed by atoms with van der Waals surface area (Å²) >= 11 is 0. The Morgan fingerprint density at radius 1 is 0.471 bits per heavy atom. The SMILES string of the molecule is CC.CC.O[C@@H](c1ccccc1)C1CCCCCC1.O[C@@H](c1ccccc1)C1CCCCCC1. The Balaban J connectivity index is 0.000000297. The van der Waals surface area contributed by atoms with Crippen molar-refractivity contribution in [1.82, 2.24) is 0 Å². The normalized spacial score (nSPS) is 18.8. The molecule has 2 atom stereocenters. The quantitative estimate of drug-likeness (QED) is 0.439. The summed E-state index contributed by atoms with van der Waals surface area (Å²) in [6, 6.07) is 20.2. The Morgan fingerprint density at radius 2 is 0.735 bits per heavy atom. The summed E-state index contributed by atoms with van der Waals surface area (Å²) < 4.78 is 0. The van der Waals surface area contributed by atoms with Crippen molar-refractivity contribution in [3.63, 3.8) is 0 Å². The minimum Gasteiger partial charge on any atom is -0.388 e. The van der Waals surface area contributed by atoms with Crippen LogP contribution in [0.2, 0.25) is 0 Å². The zero-order valence-corrected chi connectivity index (χ0v) is 22.5. The molecule has 0 bridgehead atoms. The Kier molecular flexibility index (Phi) is 17.6. The number of benzene rings is 2. The lowest BCUT2D eigenvalue weighted by Gasteiger charge is -2.21. The predicted octanol–water partition coefficient (Wildman–Crippen LogP) is 9.43. The van der Waals surface area contributed by atoms with Crippen molar-refractivity contribution in [3.05, 3.63) is 71.8 Å². The van der Waals surface area contributed by atoms with Gasteiger partial charge in [-0.2, -0.15) is 0 Å². The summed E-state index contributed by atoms with van der Waals surface area (Å²) in [5.41, 5.74) is 2.17. The molecule has 0 aliphatic heterocycles. The molecule has 0 spiro atoms. The second-order valence-corrected chi connectivity index (χ2v) is 9.21. The highest BCUT2D eigenvalue weighted by atomic mass is 16.3. The maximum absolute atomic E-state index is 10.3. The maximum Gasteiger partial charge on any atom is 0.0818 e. The summed E-state index contributed by atoms with van der Waals surface area (Å²) in [6.45, 7) is 8.00. The molecule has 2 saturated carbocycles. The predicted molar refractivity (Wildman–Crippen MR) is 148 cm³/mol. The van der Waals surface area contributed by atoms with E-state index in [0.29, 0.717) is 11.8 Å². The fourth-order valence-corrected chi connectivity index (χ4v) is 5.10. The van der Waals surface area contributed by atoms with E-state index in [0.717, 1.165) is 11.1 Å². The second kappa shape index (κ2) is 19.6. The van der Waals surface area contributed by atoms with Crippen molar-refractivity contribution in [1.29, 1.82) is 0 Å². The number of aliphatic hydroxyl groups is 2. The van der Waals surface area contributed by atoms with Gasteiger partial charge in [0, 0.05) is 0 Å². The first kappa shape index (κ1) is 30.4. The highest BCUT2D eigenvalue weighted by Gasteiger charge is 2.22. The third-order valence-electron chi connectivity index (χ3n) is 6.97. The van der Waals surface area contributed by atoms with Crippen molar-refractivity contribution in [2.45, 2.75) is 117 Å². The van der Waals surface area contributed by atoms with Crippen LogP contribution in [0.15, 0.2) is 60.7 Å². The molecule has 0 saturated heterocycles. The average Bonchev–Trinajstić information content (AvgIpc) is 3.38. The van der Waals surface area contributed by atoms with Crippen LogP contribution in [-0.4, -0.2) is 10.2 Å². The molecule has 2 aliphatic rings. The molecule has 0 amide bonds. The number of hydrogen-bond acceptors (Lipinski definition) is 2. The molecule has 0 radical (unpaired) electrons. The largest absolute Gasteiger partial charge is 0.388 e. The molecule has 0 unspecified atom stereocenters. The van der Waals surface area contributed by atoms with Crippen molar-refractivity contribution in [2.75, 3.05) is 0 Å². The molecular formula is C32H52O2. The van der Waals surface area contributed by atoms with E-state index in [4.69, 9.17) is 0 Å². The lowest BCUT2D eigenvalue weighted by molar-refractivity contribution is 0.0986. The molecule has 2 aliphatic carbocycles. The van der Waals surface area contributed by atoms with Gasteiger partial charge in [0.1, 0.15) is 0 Å². The minimum atomic E-state index is -0.246. The number of hydrogen-bond donors (Lipinski definition) is 2. The van der Waals surface area contributed by atoms with E-state index in [1.807, 2.05) is 88.4 Å². The first-order chi connectivity index (χ1) is 16.8. The molecule has 2 nitrogen and oxygen atoms in total. The molecule has 192 valence electrons. The van der Waals surface area contributed by atoms with Crippen LogP contribution in [-0.2, 0) is 0 Å². The van der Waals surface area contributed by atoms with E-state index in [2.05, 4.69) is 0 Å². The van der Waals surface area contributed by atoms with Crippen LogP contribution in [0.25, 0.3) is 0 Å². The summed E-state index contributed by atoms with van der Waals surface area (Å²) in [6.07, 6.45) is 14.8. The number of aliphatic hydroxyl groups excluding tert-OH is 2. The van der Waals surface area contributed by atoms with Crippen LogP contribution in [0.3, 0.4) is 0 Å². The van der Waals surface area contributed by atoms with E-state index in [9.17, 15) is 10.2 Å². The molecule has 2 aromatic rings. The molecule has 2 heteroatoms. The van der Waals surface area contributed by atoms with Gasteiger partial charge in [0.25, 0.3) is 0 Å². The third kappa shape index (κ3) is 11.2. The Bertz CT molecular complexity index is 607. The Morgan fingerprint density at radius 3 is 1.00 bits per heavy atom. The van der Waals surface area contributed by atoms with Gasteiger partial charge in [-0.05, 0) is 48.6 Å². The van der Waals surface area contributed by atoms with Gasteiger partial charge < -0.3 is 10.2 Å². The van der Waals surface area contributed by atoms with Crippen molar-refractivity contribution < 1.29 is 10.2 Å². The van der Waals surface area contributed by atoms with E-state index in [1.54, 1.807) is 0 Å². The molecular weight excluding hydrogens is 416 g/mol. The van der Waals surface area contributed by atoms with E-state index >= 15 is 0 Å². The van der Waals surface area contributed by atoms with Crippen LogP contribution in [0, 0.1) is 11.8 Å². The van der Waals surface area contributed by atoms with Gasteiger partial charge in [0.15, 0.2) is 0 Å². The van der Waals surface area contributed by atoms with Gasteiger partial charge >= 0.3 is 0 Å². The molecule has 2 fully saturated rings. The molecule has 4 rings (SSSR count). The minimum absolute atomic E-state index is 0.246. The standard InChI is InChI=1S/2C14H20O.2C2H6/c2*15-14(13-10-6-3-7-11-13)12-8-4-1-2-5-9-12;2*1-2/h2*3,6-7,10-12,14-15H,1-2,4-5,8-9H2;2*1-2H3/t2*14-;;/m11../s1. The van der Waals surface area contributed by atoms with Gasteiger partial charge in [-0.3, -0.25) is 0 Å². The summed E-state index contributed by atoms with van der Waals surface area (Å²) in [4.78, 5) is 0. The Labute approximate surface area is 210 Å². The lowest BCUT2D eigenvalue weighted by Crippen LogP contribution is -2.11. The second-order valence-electron chi connectivity index (χ2n) is 9.21. The van der Waals surface area contributed by atoms with Crippen LogP contribution in [0.5, 0.6) is 0 Å². The molecule has 2 aromatic carbocycles. The highest BCUT2D eigenvalue weighted by molar-refractivity contribution is 5.18. The molecule has 34 heavy (non-hydrogen) atoms. The van der Waals surface area contributed by atoms with Gasteiger partial charge in [-0.15, -0.1) is 0 Å². The van der Waals surface area contributed by atoms with Gasteiger partial charge in [-0.1, -0.05) is 140 Å². The average molecular weight is 469 g/mol. The zero-order valence-electron chi connectivity index (χ0n) is 22.5. The fourth-order valence-electron chi connectivity index (χ4n) is 5.10. The van der Waals surface area contributed by atoms with Crippen molar-refractivity contribution in [3.8, 4) is 0 Å². The van der Waals surface area contributed by atoms with Crippen molar-refractivity contribution in [2.24, 2.45) is 11.8 Å². The first-order valence-electron chi connectivity index (χ1n) is 14.2. The third-order valence-corrected chi connectivity index (χ3v) is 6.97. The van der Waals surface area contributed by atoms with E-state index in [-0.39, 0.29) is 12.2 Å². The van der Waals surface area contributed by atoms with Crippen molar-refractivity contribution >= 4 is 0 Å². The van der Waals surface area contributed by atoms with Crippen LogP contribution < -0.4 is 0 Å². The van der Waals surface area contributed by atoms with E-state index in [1.165, 1.54) is 77.0 Å².